The first-order valence-electron chi connectivity index (χ1n) is 7.34. The maximum absolute atomic E-state index is 12.0. The smallest absolute Gasteiger partial charge is 0.237 e. The highest BCUT2D eigenvalue weighted by molar-refractivity contribution is 5.85. The molecule has 0 heterocycles. The van der Waals surface area contributed by atoms with Crippen molar-refractivity contribution in [1.29, 1.82) is 0 Å². The maximum Gasteiger partial charge on any atom is 0.237 e. The van der Waals surface area contributed by atoms with Gasteiger partial charge in [0.25, 0.3) is 0 Å². The Morgan fingerprint density at radius 1 is 1.14 bits per heavy atom. The molecule has 0 fully saturated rings. The van der Waals surface area contributed by atoms with Crippen molar-refractivity contribution in [1.82, 2.24) is 10.2 Å². The molecule has 2 atom stereocenters. The zero-order chi connectivity index (χ0) is 15.7. The average molecular weight is 318 g/mol. The number of carbonyl (C=O) groups excluding carboxylic acids is 1. The monoisotopic (exact) mass is 317 g/mol. The molecular formula is C16H32ClN3O. The molecule has 1 unspecified atom stereocenters. The number of carbonyl (C=O) groups is 1. The molecule has 124 valence electrons. The molecule has 0 aromatic carbocycles. The zero-order valence-electron chi connectivity index (χ0n) is 13.8. The van der Waals surface area contributed by atoms with Gasteiger partial charge in [-0.05, 0) is 11.8 Å². The Hall–Kier alpha value is -0.840. The molecule has 0 aliphatic rings. The number of hydrogen-bond donors (Lipinski definition) is 2. The van der Waals surface area contributed by atoms with Crippen molar-refractivity contribution in [2.45, 2.75) is 39.8 Å². The maximum atomic E-state index is 12.0. The van der Waals surface area contributed by atoms with Gasteiger partial charge in [-0.25, -0.2) is 0 Å². The van der Waals surface area contributed by atoms with Gasteiger partial charge in [0, 0.05) is 25.7 Å². The second kappa shape index (κ2) is 11.8. The van der Waals surface area contributed by atoms with Crippen molar-refractivity contribution < 1.29 is 4.79 Å². The van der Waals surface area contributed by atoms with Gasteiger partial charge < -0.3 is 11.1 Å². The van der Waals surface area contributed by atoms with E-state index < -0.39 is 6.04 Å². The van der Waals surface area contributed by atoms with E-state index in [4.69, 9.17) is 5.73 Å². The Labute approximate surface area is 136 Å². The summed E-state index contributed by atoms with van der Waals surface area (Å²) in [5, 5.41) is 2.97. The third-order valence-electron chi connectivity index (χ3n) is 3.47. The third kappa shape index (κ3) is 8.24. The van der Waals surface area contributed by atoms with Gasteiger partial charge in [0.2, 0.25) is 5.91 Å². The van der Waals surface area contributed by atoms with Crippen LogP contribution in [0.4, 0.5) is 0 Å². The predicted octanol–water partition coefficient (Wildman–Crippen LogP) is 2.21. The molecule has 0 spiro atoms. The molecule has 0 radical (unpaired) electrons. The van der Waals surface area contributed by atoms with Gasteiger partial charge in [-0.15, -0.1) is 25.6 Å². The van der Waals surface area contributed by atoms with Crippen molar-refractivity contribution in [2.75, 3.05) is 19.6 Å². The molecule has 1 amide bonds. The van der Waals surface area contributed by atoms with E-state index in [0.717, 1.165) is 13.1 Å². The third-order valence-corrected chi connectivity index (χ3v) is 3.47. The van der Waals surface area contributed by atoms with Crippen LogP contribution in [0.5, 0.6) is 0 Å². The van der Waals surface area contributed by atoms with Crippen molar-refractivity contribution in [3.8, 4) is 0 Å². The molecule has 5 heteroatoms. The number of hydrogen-bond acceptors (Lipinski definition) is 3. The molecule has 0 rings (SSSR count). The molecule has 0 saturated carbocycles. The van der Waals surface area contributed by atoms with E-state index in [0.29, 0.717) is 12.5 Å². The minimum atomic E-state index is -0.449. The van der Waals surface area contributed by atoms with Gasteiger partial charge in [-0.1, -0.05) is 39.8 Å². The Morgan fingerprint density at radius 2 is 1.62 bits per heavy atom. The largest absolute Gasteiger partial charge is 0.353 e. The molecule has 3 N–H and O–H groups in total. The lowest BCUT2D eigenvalue weighted by atomic mass is 10.0. The Kier molecular flexibility index (Phi) is 12.6. The van der Waals surface area contributed by atoms with Crippen LogP contribution in [-0.4, -0.2) is 42.5 Å². The number of nitrogens with one attached hydrogen (secondary N) is 1. The van der Waals surface area contributed by atoms with Crippen LogP contribution in [-0.2, 0) is 4.79 Å². The molecule has 0 aliphatic heterocycles. The first-order chi connectivity index (χ1) is 9.34. The highest BCUT2D eigenvalue weighted by atomic mass is 35.5. The summed E-state index contributed by atoms with van der Waals surface area (Å²) in [6.07, 6.45) is 3.75. The van der Waals surface area contributed by atoms with Crippen molar-refractivity contribution in [3.63, 3.8) is 0 Å². The van der Waals surface area contributed by atoms with E-state index in [1.807, 2.05) is 26.0 Å². The van der Waals surface area contributed by atoms with E-state index >= 15 is 0 Å². The Morgan fingerprint density at radius 3 is 1.95 bits per heavy atom. The zero-order valence-corrected chi connectivity index (χ0v) is 14.7. The number of amides is 1. The van der Waals surface area contributed by atoms with E-state index in [1.165, 1.54) is 0 Å². The summed E-state index contributed by atoms with van der Waals surface area (Å²) >= 11 is 0. The lowest BCUT2D eigenvalue weighted by Gasteiger charge is -2.33. The van der Waals surface area contributed by atoms with E-state index in [1.54, 1.807) is 0 Å². The normalized spacial score (nSPS) is 13.7. The molecule has 0 aliphatic carbocycles. The van der Waals surface area contributed by atoms with Crippen molar-refractivity contribution in [3.05, 3.63) is 25.3 Å². The van der Waals surface area contributed by atoms with Crippen LogP contribution >= 0.6 is 12.4 Å². The minimum Gasteiger partial charge on any atom is -0.353 e. The number of nitrogens with two attached hydrogens (primary N) is 1. The van der Waals surface area contributed by atoms with Gasteiger partial charge in [0.1, 0.15) is 0 Å². The van der Waals surface area contributed by atoms with Crippen LogP contribution in [0.15, 0.2) is 25.3 Å². The minimum absolute atomic E-state index is 0. The highest BCUT2D eigenvalue weighted by Gasteiger charge is 2.23. The molecule has 4 nitrogen and oxygen atoms in total. The summed E-state index contributed by atoms with van der Waals surface area (Å²) in [6.45, 7) is 17.9. The summed E-state index contributed by atoms with van der Waals surface area (Å²) < 4.78 is 0. The second-order valence-corrected chi connectivity index (χ2v) is 5.86. The van der Waals surface area contributed by atoms with Crippen molar-refractivity contribution in [2.24, 2.45) is 17.6 Å². The lowest BCUT2D eigenvalue weighted by Crippen LogP contribution is -2.51. The SMILES string of the molecule is C=CCN(CC=C)C(CNC(=O)[C@@H](N)C(C)C)C(C)C.Cl. The fourth-order valence-corrected chi connectivity index (χ4v) is 2.09. The van der Waals surface area contributed by atoms with E-state index in [9.17, 15) is 4.79 Å². The summed E-state index contributed by atoms with van der Waals surface area (Å²) in [6, 6.07) is -0.204. The van der Waals surface area contributed by atoms with Crippen LogP contribution in [0, 0.1) is 11.8 Å². The highest BCUT2D eigenvalue weighted by Crippen LogP contribution is 2.10. The number of halogens is 1. The van der Waals surface area contributed by atoms with Crippen molar-refractivity contribution >= 4 is 18.3 Å². The van der Waals surface area contributed by atoms with Crippen LogP contribution < -0.4 is 11.1 Å². The van der Waals surface area contributed by atoms with E-state index in [-0.39, 0.29) is 30.3 Å². The lowest BCUT2D eigenvalue weighted by molar-refractivity contribution is -0.123. The van der Waals surface area contributed by atoms with Gasteiger partial charge in [-0.2, -0.15) is 0 Å². The first kappa shape index (κ1) is 22.4. The van der Waals surface area contributed by atoms with Crippen LogP contribution in [0.3, 0.4) is 0 Å². The summed E-state index contributed by atoms with van der Waals surface area (Å²) in [4.78, 5) is 14.2. The summed E-state index contributed by atoms with van der Waals surface area (Å²) in [5.41, 5.74) is 5.86. The van der Waals surface area contributed by atoms with E-state index in [2.05, 4.69) is 37.2 Å². The molecule has 0 bridgehead atoms. The first-order valence-corrected chi connectivity index (χ1v) is 7.34. The fourth-order valence-electron chi connectivity index (χ4n) is 2.09. The van der Waals surface area contributed by atoms with Gasteiger partial charge >= 0.3 is 0 Å². The topological polar surface area (TPSA) is 58.4 Å². The van der Waals surface area contributed by atoms with Gasteiger partial charge in [0.05, 0.1) is 6.04 Å². The van der Waals surface area contributed by atoms with Gasteiger partial charge in [0.15, 0.2) is 0 Å². The van der Waals surface area contributed by atoms with Crippen LogP contribution in [0.25, 0.3) is 0 Å². The molecule has 0 aromatic heterocycles. The van der Waals surface area contributed by atoms with Gasteiger partial charge in [-0.3, -0.25) is 9.69 Å². The Balaban J connectivity index is 0. The molecule has 0 aromatic rings. The fraction of sp³-hybridized carbons (Fsp3) is 0.688. The molecule has 21 heavy (non-hydrogen) atoms. The standard InChI is InChI=1S/C16H31N3O.ClH/c1-7-9-19(10-8-2)14(12(3)4)11-18-16(20)15(17)13(5)6;/h7-8,12-15H,1-2,9-11,17H2,3-6H3,(H,18,20);1H/t14?,15-;/m0./s1. The number of nitrogens with zero attached hydrogens (tertiary/aromatic N) is 1. The Bertz CT molecular complexity index is 309. The second-order valence-electron chi connectivity index (χ2n) is 5.86. The summed E-state index contributed by atoms with van der Waals surface area (Å²) in [7, 11) is 0. The molecular weight excluding hydrogens is 286 g/mol. The van der Waals surface area contributed by atoms with Crippen LogP contribution in [0.2, 0.25) is 0 Å². The predicted molar refractivity (Wildman–Crippen MR) is 93.7 cm³/mol. The molecule has 0 saturated heterocycles. The summed E-state index contributed by atoms with van der Waals surface area (Å²) in [5.74, 6) is 0.484. The average Bonchev–Trinajstić information content (AvgIpc) is 2.37. The van der Waals surface area contributed by atoms with Crippen LogP contribution in [0.1, 0.15) is 27.7 Å². The quantitative estimate of drug-likeness (QED) is 0.607. The number of rotatable bonds is 10.